The molecule has 0 aromatic heterocycles. The van der Waals surface area contributed by atoms with E-state index in [1.54, 1.807) is 25.2 Å². The highest BCUT2D eigenvalue weighted by molar-refractivity contribution is 5.88. The van der Waals surface area contributed by atoms with Gasteiger partial charge in [-0.15, -0.1) is 0 Å². The molecule has 1 rings (SSSR count). The highest BCUT2D eigenvalue weighted by atomic mass is 16.6. The van der Waals surface area contributed by atoms with Crippen LogP contribution in [0.1, 0.15) is 13.8 Å². The number of hydrogen-bond acceptors (Lipinski definition) is 3. The fraction of sp³-hybridized carbons (Fsp3) is 0.333. The minimum atomic E-state index is -1.16. The molecule has 0 saturated carbocycles. The van der Waals surface area contributed by atoms with Crippen LogP contribution in [0.2, 0.25) is 0 Å². The van der Waals surface area contributed by atoms with Gasteiger partial charge in [-0.3, -0.25) is 4.79 Å². The summed E-state index contributed by atoms with van der Waals surface area (Å²) in [7, 11) is 0. The maximum absolute atomic E-state index is 11.4. The second kappa shape index (κ2) is 4.35. The average Bonchev–Trinajstić information content (AvgIpc) is 2.16. The summed E-state index contributed by atoms with van der Waals surface area (Å²) in [6, 6.07) is 0. The van der Waals surface area contributed by atoms with Crippen LogP contribution in [0.15, 0.2) is 36.5 Å². The lowest BCUT2D eigenvalue weighted by Crippen LogP contribution is -2.42. The molecule has 0 aromatic rings. The Morgan fingerprint density at radius 3 is 2.56 bits per heavy atom. The Balaban J connectivity index is 2.93. The van der Waals surface area contributed by atoms with E-state index >= 15 is 0 Å². The van der Waals surface area contributed by atoms with Crippen molar-refractivity contribution in [2.24, 2.45) is 5.92 Å². The SMILES string of the molecule is C=C(C)C(=O)OC1(C)C=CC=CC1C(=O)O. The number of aliphatic carboxylic acids is 1. The molecule has 0 spiro atoms. The zero-order valence-corrected chi connectivity index (χ0v) is 9.27. The molecule has 0 saturated heterocycles. The van der Waals surface area contributed by atoms with Crippen LogP contribution in [0, 0.1) is 5.92 Å². The number of carboxylic acids is 1. The van der Waals surface area contributed by atoms with Crippen molar-refractivity contribution in [1.82, 2.24) is 0 Å². The minimum absolute atomic E-state index is 0.244. The van der Waals surface area contributed by atoms with E-state index in [2.05, 4.69) is 6.58 Å². The standard InChI is InChI=1S/C12H14O4/c1-8(2)11(15)16-12(3)7-5-4-6-9(12)10(13)14/h4-7,9H,1H2,2-3H3,(H,13,14). The molecule has 1 aliphatic carbocycles. The number of allylic oxidation sites excluding steroid dienone is 2. The van der Waals surface area contributed by atoms with Crippen molar-refractivity contribution < 1.29 is 19.4 Å². The Kier molecular flexibility index (Phi) is 3.32. The Morgan fingerprint density at radius 2 is 2.06 bits per heavy atom. The van der Waals surface area contributed by atoms with Gasteiger partial charge in [0.1, 0.15) is 11.5 Å². The van der Waals surface area contributed by atoms with Crippen LogP contribution in [0.25, 0.3) is 0 Å². The minimum Gasteiger partial charge on any atom is -0.481 e. The molecule has 4 heteroatoms. The zero-order chi connectivity index (χ0) is 12.3. The summed E-state index contributed by atoms with van der Waals surface area (Å²) >= 11 is 0. The first kappa shape index (κ1) is 12.2. The molecule has 1 N–H and O–H groups in total. The summed E-state index contributed by atoms with van der Waals surface area (Å²) in [4.78, 5) is 22.4. The number of carbonyl (C=O) groups excluding carboxylic acids is 1. The first-order chi connectivity index (χ1) is 7.37. The van der Waals surface area contributed by atoms with E-state index < -0.39 is 23.5 Å². The van der Waals surface area contributed by atoms with Crippen LogP contribution in [0.4, 0.5) is 0 Å². The Bertz CT molecular complexity index is 392. The molecule has 0 amide bonds. The van der Waals surface area contributed by atoms with E-state index in [9.17, 15) is 9.59 Å². The quantitative estimate of drug-likeness (QED) is 0.583. The molecule has 0 radical (unpaired) electrons. The smallest absolute Gasteiger partial charge is 0.334 e. The van der Waals surface area contributed by atoms with Gasteiger partial charge in [-0.05, 0) is 19.9 Å². The van der Waals surface area contributed by atoms with E-state index in [4.69, 9.17) is 9.84 Å². The number of carbonyl (C=O) groups is 2. The lowest BCUT2D eigenvalue weighted by atomic mass is 9.85. The van der Waals surface area contributed by atoms with Crippen molar-refractivity contribution in [1.29, 1.82) is 0 Å². The first-order valence-electron chi connectivity index (χ1n) is 4.84. The van der Waals surface area contributed by atoms with Crippen LogP contribution < -0.4 is 0 Å². The maximum atomic E-state index is 11.4. The van der Waals surface area contributed by atoms with Crippen LogP contribution >= 0.6 is 0 Å². The van der Waals surface area contributed by atoms with E-state index in [0.29, 0.717) is 0 Å². The second-order valence-electron chi connectivity index (χ2n) is 3.91. The first-order valence-corrected chi connectivity index (χ1v) is 4.84. The molecule has 86 valence electrons. The van der Waals surface area contributed by atoms with Gasteiger partial charge in [0.25, 0.3) is 0 Å². The second-order valence-corrected chi connectivity index (χ2v) is 3.91. The molecule has 0 fully saturated rings. The van der Waals surface area contributed by atoms with Gasteiger partial charge in [-0.2, -0.15) is 0 Å². The third-order valence-corrected chi connectivity index (χ3v) is 2.39. The maximum Gasteiger partial charge on any atom is 0.334 e. The molecule has 0 aromatic carbocycles. The summed E-state index contributed by atoms with van der Waals surface area (Å²) in [6.07, 6.45) is 6.33. The van der Waals surface area contributed by atoms with Crippen molar-refractivity contribution in [2.75, 3.05) is 0 Å². The van der Waals surface area contributed by atoms with Gasteiger partial charge < -0.3 is 9.84 Å². The molecule has 0 bridgehead atoms. The topological polar surface area (TPSA) is 63.6 Å². The molecule has 1 aliphatic rings. The van der Waals surface area contributed by atoms with E-state index in [1.165, 1.54) is 13.0 Å². The summed E-state index contributed by atoms with van der Waals surface area (Å²) in [5.41, 5.74) is -0.912. The molecule has 16 heavy (non-hydrogen) atoms. The number of carboxylic acid groups (broad SMARTS) is 1. The van der Waals surface area contributed by atoms with Gasteiger partial charge in [-0.25, -0.2) is 4.79 Å². The predicted octanol–water partition coefficient (Wildman–Crippen LogP) is 1.69. The van der Waals surface area contributed by atoms with Gasteiger partial charge in [0.2, 0.25) is 0 Å². The third-order valence-electron chi connectivity index (χ3n) is 2.39. The number of ether oxygens (including phenoxy) is 1. The summed E-state index contributed by atoms with van der Waals surface area (Å²) in [5, 5.41) is 9.03. The van der Waals surface area contributed by atoms with Gasteiger partial charge >= 0.3 is 11.9 Å². The highest BCUT2D eigenvalue weighted by Gasteiger charge is 2.40. The van der Waals surface area contributed by atoms with Crippen molar-refractivity contribution in [3.8, 4) is 0 Å². The predicted molar refractivity (Wildman–Crippen MR) is 58.7 cm³/mol. The fourth-order valence-corrected chi connectivity index (χ4v) is 1.43. The van der Waals surface area contributed by atoms with Crippen LogP contribution in [0.3, 0.4) is 0 Å². The fourth-order valence-electron chi connectivity index (χ4n) is 1.43. The average molecular weight is 222 g/mol. The lowest BCUT2D eigenvalue weighted by Gasteiger charge is -2.32. The molecule has 0 aliphatic heterocycles. The monoisotopic (exact) mass is 222 g/mol. The summed E-state index contributed by atoms with van der Waals surface area (Å²) in [5.74, 6) is -2.49. The third kappa shape index (κ3) is 2.39. The molecular weight excluding hydrogens is 208 g/mol. The van der Waals surface area contributed by atoms with Crippen LogP contribution in [0.5, 0.6) is 0 Å². The Hall–Kier alpha value is -1.84. The van der Waals surface area contributed by atoms with E-state index in [1.807, 2.05) is 0 Å². The largest absolute Gasteiger partial charge is 0.481 e. The summed E-state index contributed by atoms with van der Waals surface area (Å²) < 4.78 is 5.16. The van der Waals surface area contributed by atoms with Crippen molar-refractivity contribution in [2.45, 2.75) is 19.4 Å². The number of esters is 1. The van der Waals surface area contributed by atoms with Crippen molar-refractivity contribution >= 4 is 11.9 Å². The molecule has 4 nitrogen and oxygen atoms in total. The molecule has 2 unspecified atom stereocenters. The van der Waals surface area contributed by atoms with E-state index in [0.717, 1.165) is 0 Å². The van der Waals surface area contributed by atoms with Crippen molar-refractivity contribution in [3.05, 3.63) is 36.5 Å². The van der Waals surface area contributed by atoms with Gasteiger partial charge in [-0.1, -0.05) is 24.8 Å². The molecule has 2 atom stereocenters. The van der Waals surface area contributed by atoms with Crippen LogP contribution in [-0.2, 0) is 14.3 Å². The normalized spacial score (nSPS) is 27.5. The lowest BCUT2D eigenvalue weighted by molar-refractivity contribution is -0.159. The van der Waals surface area contributed by atoms with Gasteiger partial charge in [0, 0.05) is 5.57 Å². The van der Waals surface area contributed by atoms with E-state index in [-0.39, 0.29) is 5.57 Å². The molecule has 0 heterocycles. The van der Waals surface area contributed by atoms with Gasteiger partial charge in [0.05, 0.1) is 0 Å². The summed E-state index contributed by atoms with van der Waals surface area (Å²) in [6.45, 7) is 6.54. The molecular formula is C12H14O4. The number of hydrogen-bond donors (Lipinski definition) is 1. The number of rotatable bonds is 3. The van der Waals surface area contributed by atoms with Gasteiger partial charge in [0.15, 0.2) is 0 Å². The van der Waals surface area contributed by atoms with Crippen molar-refractivity contribution in [3.63, 3.8) is 0 Å². The van der Waals surface area contributed by atoms with Crippen LogP contribution in [-0.4, -0.2) is 22.6 Å². The Morgan fingerprint density at radius 1 is 1.44 bits per heavy atom. The highest BCUT2D eigenvalue weighted by Crippen LogP contribution is 2.29. The zero-order valence-electron chi connectivity index (χ0n) is 9.27. The Labute approximate surface area is 93.9 Å².